The lowest BCUT2D eigenvalue weighted by atomic mass is 9.93. The molecule has 7 nitrogen and oxygen atoms in total. The minimum absolute atomic E-state index is 0.0898. The van der Waals surface area contributed by atoms with Gasteiger partial charge in [0.25, 0.3) is 11.8 Å². The van der Waals surface area contributed by atoms with Crippen LogP contribution in [0.15, 0.2) is 58.0 Å². The highest BCUT2D eigenvalue weighted by atomic mass is 16.4. The fraction of sp³-hybridized carbons (Fsp3) is 0.240. The molecule has 1 aliphatic carbocycles. The number of amides is 2. The summed E-state index contributed by atoms with van der Waals surface area (Å²) in [4.78, 5) is 25.1. The Balaban J connectivity index is 1.49. The number of benzene rings is 2. The van der Waals surface area contributed by atoms with Crippen molar-refractivity contribution >= 4 is 17.5 Å². The second kappa shape index (κ2) is 9.09. The Morgan fingerprint density at radius 2 is 1.72 bits per heavy atom. The van der Waals surface area contributed by atoms with Crippen molar-refractivity contribution in [3.05, 3.63) is 87.9 Å². The van der Waals surface area contributed by atoms with E-state index in [4.69, 9.17) is 4.42 Å². The van der Waals surface area contributed by atoms with Gasteiger partial charge < -0.3 is 14.8 Å². The zero-order valence-electron chi connectivity index (χ0n) is 18.1. The van der Waals surface area contributed by atoms with E-state index in [1.807, 2.05) is 38.1 Å². The number of rotatable bonds is 5. The first-order valence-electron chi connectivity index (χ1n) is 10.5. The molecule has 1 aromatic heterocycles. The lowest BCUT2D eigenvalue weighted by molar-refractivity contribution is 0.0919. The predicted molar refractivity (Wildman–Crippen MR) is 121 cm³/mol. The maximum Gasteiger partial charge on any atom is 0.287 e. The minimum atomic E-state index is -0.373. The molecule has 7 heteroatoms. The molecule has 0 fully saturated rings. The topological polar surface area (TPSA) is 104 Å². The van der Waals surface area contributed by atoms with Crippen LogP contribution in [0.25, 0.3) is 0 Å². The summed E-state index contributed by atoms with van der Waals surface area (Å²) in [6.45, 7) is 4.27. The molecular weight excluding hydrogens is 406 g/mol. The van der Waals surface area contributed by atoms with Gasteiger partial charge in [0.15, 0.2) is 5.76 Å². The van der Waals surface area contributed by atoms with Crippen molar-refractivity contribution in [3.8, 4) is 5.75 Å². The van der Waals surface area contributed by atoms with Crippen molar-refractivity contribution in [2.45, 2.75) is 39.7 Å². The smallest absolute Gasteiger partial charge is 0.287 e. The Bertz CT molecular complexity index is 1180. The van der Waals surface area contributed by atoms with E-state index in [9.17, 15) is 14.7 Å². The number of hydrazone groups is 1. The molecule has 32 heavy (non-hydrogen) atoms. The number of hydrogen-bond donors (Lipinski definition) is 3. The normalized spacial score (nSPS) is 14.1. The van der Waals surface area contributed by atoms with Crippen LogP contribution >= 0.6 is 0 Å². The molecule has 0 atom stereocenters. The van der Waals surface area contributed by atoms with Crippen molar-refractivity contribution in [2.24, 2.45) is 5.10 Å². The summed E-state index contributed by atoms with van der Waals surface area (Å²) in [5.74, 6) is 0.437. The van der Waals surface area contributed by atoms with Crippen LogP contribution in [0.4, 0.5) is 0 Å². The Labute approximate surface area is 186 Å². The largest absolute Gasteiger partial charge is 0.508 e. The van der Waals surface area contributed by atoms with Gasteiger partial charge in [0.2, 0.25) is 0 Å². The average molecular weight is 431 g/mol. The summed E-state index contributed by atoms with van der Waals surface area (Å²) >= 11 is 0. The molecule has 1 aliphatic rings. The van der Waals surface area contributed by atoms with E-state index in [1.165, 1.54) is 29.8 Å². The first-order chi connectivity index (χ1) is 15.4. The van der Waals surface area contributed by atoms with Crippen LogP contribution in [0.1, 0.15) is 61.8 Å². The van der Waals surface area contributed by atoms with Crippen molar-refractivity contribution < 1.29 is 19.1 Å². The molecule has 3 N–H and O–H groups in total. The molecule has 0 spiro atoms. The van der Waals surface area contributed by atoms with Crippen LogP contribution < -0.4 is 10.7 Å². The Morgan fingerprint density at radius 3 is 2.44 bits per heavy atom. The van der Waals surface area contributed by atoms with E-state index < -0.39 is 0 Å². The first-order valence-corrected chi connectivity index (χ1v) is 10.5. The van der Waals surface area contributed by atoms with Gasteiger partial charge >= 0.3 is 0 Å². The van der Waals surface area contributed by atoms with E-state index in [2.05, 4.69) is 15.8 Å². The number of aromatic hydroxyl groups is 1. The fourth-order valence-corrected chi connectivity index (χ4v) is 3.76. The van der Waals surface area contributed by atoms with Crippen LogP contribution in [0, 0.1) is 13.8 Å². The maximum atomic E-state index is 12.8. The van der Waals surface area contributed by atoms with Gasteiger partial charge in [0.1, 0.15) is 11.5 Å². The van der Waals surface area contributed by atoms with E-state index in [0.717, 1.165) is 23.1 Å². The molecular formula is C25H25N3O4. The van der Waals surface area contributed by atoms with Crippen LogP contribution in [-0.4, -0.2) is 22.6 Å². The van der Waals surface area contributed by atoms with Crippen LogP contribution in [0.3, 0.4) is 0 Å². The Morgan fingerprint density at radius 1 is 1.00 bits per heavy atom. The minimum Gasteiger partial charge on any atom is -0.508 e. The van der Waals surface area contributed by atoms with Gasteiger partial charge in [-0.2, -0.15) is 5.10 Å². The number of aryl methyl sites for hydroxylation is 2. The lowest BCUT2D eigenvalue weighted by Crippen LogP contribution is -2.23. The molecule has 0 bridgehead atoms. The van der Waals surface area contributed by atoms with Crippen LogP contribution in [-0.2, 0) is 13.0 Å². The van der Waals surface area contributed by atoms with Crippen LogP contribution in [0.5, 0.6) is 5.75 Å². The van der Waals surface area contributed by atoms with Gasteiger partial charge in [-0.25, -0.2) is 5.43 Å². The zero-order chi connectivity index (χ0) is 22.7. The summed E-state index contributed by atoms with van der Waals surface area (Å²) in [5, 5.41) is 16.6. The lowest BCUT2D eigenvalue weighted by Gasteiger charge is -2.13. The van der Waals surface area contributed by atoms with Gasteiger partial charge in [-0.05, 0) is 56.5 Å². The third kappa shape index (κ3) is 4.56. The number of phenols is 1. The third-order valence-corrected chi connectivity index (χ3v) is 5.53. The van der Waals surface area contributed by atoms with Crippen LogP contribution in [0.2, 0.25) is 0 Å². The molecule has 1 heterocycles. The second-order valence-electron chi connectivity index (χ2n) is 7.92. The summed E-state index contributed by atoms with van der Waals surface area (Å²) in [5.41, 5.74) is 7.35. The zero-order valence-corrected chi connectivity index (χ0v) is 18.1. The SMILES string of the molecule is Cc1ccc(CNC(=O)c2oc3c(c2C)/C(=N/NC(=O)c2ccc(O)cc2)CCC3)cc1. The monoisotopic (exact) mass is 431 g/mol. The molecule has 2 amide bonds. The number of furan rings is 1. The van der Waals surface area contributed by atoms with Gasteiger partial charge in [0, 0.05) is 29.7 Å². The maximum absolute atomic E-state index is 12.8. The van der Waals surface area contributed by atoms with Crippen molar-refractivity contribution in [1.82, 2.24) is 10.7 Å². The van der Waals surface area contributed by atoms with Gasteiger partial charge in [-0.15, -0.1) is 0 Å². The number of phenolic OH excluding ortho intramolecular Hbond substituents is 1. The Hall–Kier alpha value is -3.87. The van der Waals surface area contributed by atoms with E-state index in [-0.39, 0.29) is 23.3 Å². The van der Waals surface area contributed by atoms with Gasteiger partial charge in [-0.1, -0.05) is 29.8 Å². The van der Waals surface area contributed by atoms with Crippen molar-refractivity contribution in [1.29, 1.82) is 0 Å². The van der Waals surface area contributed by atoms with Crippen molar-refractivity contribution in [2.75, 3.05) is 0 Å². The number of nitrogens with one attached hydrogen (secondary N) is 2. The number of hydrogen-bond acceptors (Lipinski definition) is 5. The fourth-order valence-electron chi connectivity index (χ4n) is 3.76. The number of nitrogens with zero attached hydrogens (tertiary/aromatic N) is 1. The first kappa shape index (κ1) is 21.4. The summed E-state index contributed by atoms with van der Waals surface area (Å²) in [7, 11) is 0. The highest BCUT2D eigenvalue weighted by molar-refractivity contribution is 6.07. The summed E-state index contributed by atoms with van der Waals surface area (Å²) in [6, 6.07) is 13.9. The average Bonchev–Trinajstić information content (AvgIpc) is 3.14. The summed E-state index contributed by atoms with van der Waals surface area (Å²) < 4.78 is 5.91. The van der Waals surface area contributed by atoms with Gasteiger partial charge in [0.05, 0.1) is 5.71 Å². The number of carbonyl (C=O) groups is 2. The highest BCUT2D eigenvalue weighted by Crippen LogP contribution is 2.30. The molecule has 0 radical (unpaired) electrons. The molecule has 0 unspecified atom stereocenters. The highest BCUT2D eigenvalue weighted by Gasteiger charge is 2.28. The molecule has 3 aromatic rings. The second-order valence-corrected chi connectivity index (χ2v) is 7.92. The molecule has 2 aromatic carbocycles. The molecule has 164 valence electrons. The standard InChI is InChI=1S/C25H25N3O4/c1-15-6-8-17(9-7-15)14-26-25(31)23-16(2)22-20(4-3-5-21(22)32-23)27-28-24(30)18-10-12-19(29)13-11-18/h6-13,29H,3-5,14H2,1-2H3,(H,26,31)(H,28,30)/b27-20+. The molecule has 0 saturated carbocycles. The predicted octanol–water partition coefficient (Wildman–Crippen LogP) is 4.00. The molecule has 4 rings (SSSR count). The third-order valence-electron chi connectivity index (χ3n) is 5.53. The van der Waals surface area contributed by atoms with Gasteiger partial charge in [-0.3, -0.25) is 9.59 Å². The molecule has 0 saturated heterocycles. The Kier molecular flexibility index (Phi) is 6.07. The quantitative estimate of drug-likeness (QED) is 0.531. The number of carbonyl (C=O) groups excluding carboxylic acids is 2. The summed E-state index contributed by atoms with van der Waals surface area (Å²) in [6.07, 6.45) is 2.21. The van der Waals surface area contributed by atoms with E-state index >= 15 is 0 Å². The number of fused-ring (bicyclic) bond motifs is 1. The van der Waals surface area contributed by atoms with E-state index in [1.54, 1.807) is 0 Å². The molecule has 0 aliphatic heterocycles. The van der Waals surface area contributed by atoms with E-state index in [0.29, 0.717) is 36.4 Å². The van der Waals surface area contributed by atoms with Crippen molar-refractivity contribution in [3.63, 3.8) is 0 Å².